The number of imidazole rings is 1. The lowest BCUT2D eigenvalue weighted by Gasteiger charge is -2.13. The molecule has 158 valence electrons. The molecule has 0 aliphatic heterocycles. The van der Waals surface area contributed by atoms with E-state index in [2.05, 4.69) is 17.4 Å². The topological polar surface area (TPSA) is 56.2 Å². The van der Waals surface area contributed by atoms with E-state index in [4.69, 9.17) is 9.72 Å². The second-order valence-corrected chi connectivity index (χ2v) is 8.03. The molecule has 0 saturated carbocycles. The first-order chi connectivity index (χ1) is 14.9. The minimum absolute atomic E-state index is 0.0944. The van der Waals surface area contributed by atoms with E-state index in [-0.39, 0.29) is 19.1 Å². The Morgan fingerprint density at radius 2 is 1.68 bits per heavy atom. The monoisotopic (exact) mass is 413 g/mol. The molecule has 1 heterocycles. The van der Waals surface area contributed by atoms with E-state index in [0.29, 0.717) is 0 Å². The molecule has 0 fully saturated rings. The van der Waals surface area contributed by atoms with Gasteiger partial charge in [0.25, 0.3) is 0 Å². The Morgan fingerprint density at radius 3 is 2.48 bits per heavy atom. The van der Waals surface area contributed by atoms with Gasteiger partial charge in [0.15, 0.2) is 0 Å². The zero-order valence-electron chi connectivity index (χ0n) is 18.4. The lowest BCUT2D eigenvalue weighted by molar-refractivity contribution is -0.116. The smallest absolute Gasteiger partial charge is 0.244 e. The minimum Gasteiger partial charge on any atom is -0.485 e. The maximum Gasteiger partial charge on any atom is 0.244 e. The first-order valence-corrected chi connectivity index (χ1v) is 10.4. The fourth-order valence-corrected chi connectivity index (χ4v) is 3.70. The van der Waals surface area contributed by atoms with Crippen LogP contribution < -0.4 is 10.1 Å². The molecule has 5 heteroatoms. The van der Waals surface area contributed by atoms with Crippen molar-refractivity contribution in [2.24, 2.45) is 0 Å². The summed E-state index contributed by atoms with van der Waals surface area (Å²) in [5.74, 6) is 1.46. The molecule has 0 bridgehead atoms. The van der Waals surface area contributed by atoms with Crippen molar-refractivity contribution in [1.82, 2.24) is 9.55 Å². The van der Waals surface area contributed by atoms with E-state index in [1.54, 1.807) is 0 Å². The number of benzene rings is 3. The highest BCUT2D eigenvalue weighted by molar-refractivity contribution is 5.92. The Morgan fingerprint density at radius 1 is 0.935 bits per heavy atom. The summed E-state index contributed by atoms with van der Waals surface area (Å²) in [5.41, 5.74) is 7.01. The number of anilines is 1. The predicted molar refractivity (Wildman–Crippen MR) is 125 cm³/mol. The molecule has 0 saturated heterocycles. The molecule has 4 aromatic rings. The summed E-state index contributed by atoms with van der Waals surface area (Å²) < 4.78 is 8.02. The number of carbonyl (C=O) groups excluding carboxylic acids is 1. The molecule has 0 aliphatic rings. The molecule has 0 spiro atoms. The van der Waals surface area contributed by atoms with Gasteiger partial charge >= 0.3 is 0 Å². The van der Waals surface area contributed by atoms with Crippen LogP contribution in [0.25, 0.3) is 11.0 Å². The molecule has 5 nitrogen and oxygen atoms in total. The van der Waals surface area contributed by atoms with E-state index in [1.165, 1.54) is 5.56 Å². The average Bonchev–Trinajstić information content (AvgIpc) is 3.08. The van der Waals surface area contributed by atoms with E-state index in [1.807, 2.05) is 80.8 Å². The van der Waals surface area contributed by atoms with Gasteiger partial charge in [0, 0.05) is 5.69 Å². The normalized spacial score (nSPS) is 11.0. The van der Waals surface area contributed by atoms with Crippen molar-refractivity contribution in [3.05, 3.63) is 88.7 Å². The van der Waals surface area contributed by atoms with E-state index < -0.39 is 0 Å². The van der Waals surface area contributed by atoms with Crippen molar-refractivity contribution in [2.75, 3.05) is 5.32 Å². The van der Waals surface area contributed by atoms with Crippen LogP contribution in [0.2, 0.25) is 0 Å². The van der Waals surface area contributed by atoms with Gasteiger partial charge in [0.1, 0.15) is 24.7 Å². The van der Waals surface area contributed by atoms with Crippen LogP contribution >= 0.6 is 0 Å². The highest BCUT2D eigenvalue weighted by Gasteiger charge is 2.15. The molecule has 1 N–H and O–H groups in total. The van der Waals surface area contributed by atoms with Crippen molar-refractivity contribution in [1.29, 1.82) is 0 Å². The van der Waals surface area contributed by atoms with Crippen LogP contribution in [0.5, 0.6) is 5.75 Å². The van der Waals surface area contributed by atoms with Crippen molar-refractivity contribution < 1.29 is 9.53 Å². The molecule has 3 aromatic carbocycles. The van der Waals surface area contributed by atoms with Gasteiger partial charge in [-0.1, -0.05) is 42.0 Å². The number of aromatic nitrogens is 2. The summed E-state index contributed by atoms with van der Waals surface area (Å²) in [6, 6.07) is 20.0. The number of rotatable bonds is 6. The molecule has 0 radical (unpaired) electrons. The van der Waals surface area contributed by atoms with Crippen LogP contribution in [0.15, 0.2) is 60.7 Å². The number of para-hydroxylation sites is 2. The SMILES string of the molecule is Cc1ccc(NC(=O)Cn2c(COc3cc(C)ccc3C)nc3ccccc32)c(C)c1. The van der Waals surface area contributed by atoms with Gasteiger partial charge < -0.3 is 14.6 Å². The fourth-order valence-electron chi connectivity index (χ4n) is 3.70. The van der Waals surface area contributed by atoms with Gasteiger partial charge in [-0.15, -0.1) is 0 Å². The van der Waals surface area contributed by atoms with Gasteiger partial charge in [-0.05, 0) is 68.7 Å². The summed E-state index contributed by atoms with van der Waals surface area (Å²) >= 11 is 0. The summed E-state index contributed by atoms with van der Waals surface area (Å²) in [6.07, 6.45) is 0. The van der Waals surface area contributed by atoms with Gasteiger partial charge in [0.05, 0.1) is 11.0 Å². The molecule has 0 unspecified atom stereocenters. The molecule has 1 aromatic heterocycles. The second kappa shape index (κ2) is 8.64. The zero-order valence-corrected chi connectivity index (χ0v) is 18.4. The van der Waals surface area contributed by atoms with Crippen LogP contribution in [0.3, 0.4) is 0 Å². The lowest BCUT2D eigenvalue weighted by atomic mass is 10.1. The maximum atomic E-state index is 12.9. The van der Waals surface area contributed by atoms with Crippen molar-refractivity contribution in [3.8, 4) is 5.75 Å². The van der Waals surface area contributed by atoms with E-state index in [0.717, 1.165) is 45.0 Å². The quantitative estimate of drug-likeness (QED) is 0.455. The maximum absolute atomic E-state index is 12.9. The van der Waals surface area contributed by atoms with Gasteiger partial charge in [-0.25, -0.2) is 4.98 Å². The first-order valence-electron chi connectivity index (χ1n) is 10.4. The van der Waals surface area contributed by atoms with Crippen molar-refractivity contribution in [2.45, 2.75) is 40.8 Å². The highest BCUT2D eigenvalue weighted by Crippen LogP contribution is 2.23. The summed E-state index contributed by atoms with van der Waals surface area (Å²) in [4.78, 5) is 17.6. The number of fused-ring (bicyclic) bond motifs is 1. The number of aryl methyl sites for hydroxylation is 4. The molecular formula is C26H27N3O2. The highest BCUT2D eigenvalue weighted by atomic mass is 16.5. The Bertz CT molecular complexity index is 1260. The third-order valence-electron chi connectivity index (χ3n) is 5.39. The summed E-state index contributed by atoms with van der Waals surface area (Å²) in [6.45, 7) is 8.56. The van der Waals surface area contributed by atoms with Crippen LogP contribution in [0, 0.1) is 27.7 Å². The molecule has 1 amide bonds. The van der Waals surface area contributed by atoms with Gasteiger partial charge in [-0.3, -0.25) is 4.79 Å². The number of carbonyl (C=O) groups is 1. The third-order valence-corrected chi connectivity index (χ3v) is 5.39. The first kappa shape index (κ1) is 20.7. The Balaban J connectivity index is 1.58. The fraction of sp³-hybridized carbons (Fsp3) is 0.231. The third kappa shape index (κ3) is 4.61. The lowest BCUT2D eigenvalue weighted by Crippen LogP contribution is -2.21. The van der Waals surface area contributed by atoms with E-state index in [9.17, 15) is 4.79 Å². The Hall–Kier alpha value is -3.60. The molecule has 0 atom stereocenters. The van der Waals surface area contributed by atoms with Crippen molar-refractivity contribution in [3.63, 3.8) is 0 Å². The standard InChI is InChI=1S/C26H27N3O2/c1-17-10-12-21(20(4)13-17)28-26(30)15-29-23-8-6-5-7-22(23)27-25(29)16-31-24-14-18(2)9-11-19(24)3/h5-14H,15-16H2,1-4H3,(H,28,30). The molecule has 31 heavy (non-hydrogen) atoms. The Kier molecular flexibility index (Phi) is 5.76. The van der Waals surface area contributed by atoms with Crippen molar-refractivity contribution >= 4 is 22.6 Å². The number of nitrogens with one attached hydrogen (secondary N) is 1. The van der Waals surface area contributed by atoms with E-state index >= 15 is 0 Å². The Labute approximate surface area is 182 Å². The van der Waals surface area contributed by atoms with Crippen LogP contribution in [0.1, 0.15) is 28.1 Å². The van der Waals surface area contributed by atoms with Gasteiger partial charge in [-0.2, -0.15) is 0 Å². The summed E-state index contributed by atoms with van der Waals surface area (Å²) in [7, 11) is 0. The molecule has 0 aliphatic carbocycles. The van der Waals surface area contributed by atoms with Gasteiger partial charge in [0.2, 0.25) is 5.91 Å². The zero-order chi connectivity index (χ0) is 22.0. The molecule has 4 rings (SSSR count). The number of hydrogen-bond donors (Lipinski definition) is 1. The summed E-state index contributed by atoms with van der Waals surface area (Å²) in [5, 5.41) is 3.03. The van der Waals surface area contributed by atoms with Crippen LogP contribution in [-0.4, -0.2) is 15.5 Å². The molecular weight excluding hydrogens is 386 g/mol. The second-order valence-electron chi connectivity index (χ2n) is 8.03. The van der Waals surface area contributed by atoms with Crippen LogP contribution in [-0.2, 0) is 17.9 Å². The largest absolute Gasteiger partial charge is 0.485 e. The van der Waals surface area contributed by atoms with Crippen LogP contribution in [0.4, 0.5) is 5.69 Å². The number of amides is 1. The minimum atomic E-state index is -0.0944. The number of ether oxygens (including phenoxy) is 1. The number of nitrogens with zero attached hydrogens (tertiary/aromatic N) is 2. The number of hydrogen-bond acceptors (Lipinski definition) is 3. The predicted octanol–water partition coefficient (Wildman–Crippen LogP) is 5.49. The average molecular weight is 414 g/mol.